The van der Waals surface area contributed by atoms with Gasteiger partial charge in [-0.2, -0.15) is 13.9 Å². The summed E-state index contributed by atoms with van der Waals surface area (Å²) in [6.07, 6.45) is 5.24. The van der Waals surface area contributed by atoms with Crippen molar-refractivity contribution in [1.82, 2.24) is 20.4 Å². The largest absolute Gasteiger partial charge is 0.493 e. The molecule has 0 saturated carbocycles. The van der Waals surface area contributed by atoms with Gasteiger partial charge < -0.3 is 20.1 Å². The maximum absolute atomic E-state index is 13.0. The van der Waals surface area contributed by atoms with Crippen LogP contribution in [-0.2, 0) is 16.8 Å². The van der Waals surface area contributed by atoms with Crippen molar-refractivity contribution in [3.63, 3.8) is 0 Å². The highest BCUT2D eigenvalue weighted by Crippen LogP contribution is 2.30. The minimum Gasteiger partial charge on any atom is -0.493 e. The Morgan fingerprint density at radius 2 is 2.14 bits per heavy atom. The van der Waals surface area contributed by atoms with Crippen molar-refractivity contribution in [1.29, 1.82) is 0 Å². The predicted octanol–water partition coefficient (Wildman–Crippen LogP) is 1.93. The third-order valence-electron chi connectivity index (χ3n) is 4.94. The number of ether oxygens (including phenoxy) is 2. The molecular formula is C19H24F2N4O3. The monoisotopic (exact) mass is 394 g/mol. The topological polar surface area (TPSA) is 77.4 Å². The summed E-state index contributed by atoms with van der Waals surface area (Å²) in [4.78, 5) is 13.0. The molecule has 0 bridgehead atoms. The highest BCUT2D eigenvalue weighted by molar-refractivity contribution is 5.84. The van der Waals surface area contributed by atoms with Gasteiger partial charge in [0.1, 0.15) is 5.54 Å². The number of aromatic nitrogens is 2. The Morgan fingerprint density at radius 1 is 1.36 bits per heavy atom. The zero-order valence-electron chi connectivity index (χ0n) is 15.7. The van der Waals surface area contributed by atoms with Crippen LogP contribution in [0.3, 0.4) is 0 Å². The number of alkyl halides is 2. The maximum atomic E-state index is 13.0. The van der Waals surface area contributed by atoms with Crippen LogP contribution in [0.25, 0.3) is 0 Å². The number of hydrogen-bond donors (Lipinski definition) is 2. The van der Waals surface area contributed by atoms with E-state index in [1.165, 1.54) is 13.2 Å². The van der Waals surface area contributed by atoms with E-state index in [4.69, 9.17) is 4.74 Å². The van der Waals surface area contributed by atoms with Crippen LogP contribution in [0.15, 0.2) is 36.7 Å². The second-order valence-corrected chi connectivity index (χ2v) is 6.60. The lowest BCUT2D eigenvalue weighted by Crippen LogP contribution is -2.54. The van der Waals surface area contributed by atoms with Crippen molar-refractivity contribution in [3.05, 3.63) is 42.2 Å². The molecule has 152 valence electrons. The van der Waals surface area contributed by atoms with Crippen molar-refractivity contribution in [2.45, 2.75) is 31.4 Å². The summed E-state index contributed by atoms with van der Waals surface area (Å²) in [5.74, 6) is 0.128. The Bertz CT molecular complexity index is 777. The minimum atomic E-state index is -2.93. The van der Waals surface area contributed by atoms with Gasteiger partial charge in [0.05, 0.1) is 7.11 Å². The van der Waals surface area contributed by atoms with Crippen molar-refractivity contribution in [2.75, 3.05) is 26.7 Å². The van der Waals surface area contributed by atoms with Gasteiger partial charge in [-0.25, -0.2) is 0 Å². The Labute approximate surface area is 162 Å². The van der Waals surface area contributed by atoms with Gasteiger partial charge in [-0.1, -0.05) is 6.07 Å². The van der Waals surface area contributed by atoms with Crippen LogP contribution in [0.5, 0.6) is 11.5 Å². The molecule has 3 rings (SSSR count). The van der Waals surface area contributed by atoms with E-state index < -0.39 is 12.2 Å². The molecule has 0 atom stereocenters. The molecule has 0 aliphatic carbocycles. The number of rotatable bonds is 8. The van der Waals surface area contributed by atoms with Crippen molar-refractivity contribution < 1.29 is 23.0 Å². The molecule has 2 heterocycles. The number of benzene rings is 1. The van der Waals surface area contributed by atoms with Gasteiger partial charge in [0.2, 0.25) is 5.91 Å². The number of nitrogens with zero attached hydrogens (tertiary/aromatic N) is 2. The van der Waals surface area contributed by atoms with E-state index in [0.717, 1.165) is 18.7 Å². The van der Waals surface area contributed by atoms with Crippen molar-refractivity contribution in [3.8, 4) is 11.5 Å². The molecule has 0 spiro atoms. The van der Waals surface area contributed by atoms with Gasteiger partial charge in [0.15, 0.2) is 11.5 Å². The first-order valence-electron chi connectivity index (χ1n) is 9.16. The molecule has 0 radical (unpaired) electrons. The molecule has 7 nitrogen and oxygen atoms in total. The SMILES string of the molecule is COc1ccc(CCNC(=O)C2(n3cccn3)CCNCC2)cc1OC(F)F. The molecule has 1 aliphatic heterocycles. The van der Waals surface area contributed by atoms with E-state index in [1.54, 1.807) is 29.1 Å². The van der Waals surface area contributed by atoms with E-state index >= 15 is 0 Å². The van der Waals surface area contributed by atoms with Crippen LogP contribution in [-0.4, -0.2) is 49.0 Å². The summed E-state index contributed by atoms with van der Waals surface area (Å²) < 4.78 is 36.4. The maximum Gasteiger partial charge on any atom is 0.387 e. The summed E-state index contributed by atoms with van der Waals surface area (Å²) in [5, 5.41) is 10.5. The molecule has 0 unspecified atom stereocenters. The van der Waals surface area contributed by atoms with Crippen LogP contribution in [0, 0.1) is 0 Å². The lowest BCUT2D eigenvalue weighted by atomic mass is 9.87. The summed E-state index contributed by atoms with van der Waals surface area (Å²) in [7, 11) is 1.39. The molecular weight excluding hydrogens is 370 g/mol. The summed E-state index contributed by atoms with van der Waals surface area (Å²) >= 11 is 0. The van der Waals surface area contributed by atoms with Crippen LogP contribution >= 0.6 is 0 Å². The van der Waals surface area contributed by atoms with E-state index in [-0.39, 0.29) is 17.4 Å². The lowest BCUT2D eigenvalue weighted by Gasteiger charge is -2.36. The lowest BCUT2D eigenvalue weighted by molar-refractivity contribution is -0.131. The Hall–Kier alpha value is -2.68. The Morgan fingerprint density at radius 3 is 2.79 bits per heavy atom. The highest BCUT2D eigenvalue weighted by Gasteiger charge is 2.41. The minimum absolute atomic E-state index is 0.0207. The van der Waals surface area contributed by atoms with Gasteiger partial charge in [-0.15, -0.1) is 0 Å². The van der Waals surface area contributed by atoms with E-state index in [2.05, 4.69) is 20.5 Å². The number of carbonyl (C=O) groups is 1. The molecule has 1 aromatic carbocycles. The third-order valence-corrected chi connectivity index (χ3v) is 4.94. The highest BCUT2D eigenvalue weighted by atomic mass is 19.3. The van der Waals surface area contributed by atoms with Crippen LogP contribution in [0.4, 0.5) is 8.78 Å². The van der Waals surface area contributed by atoms with Crippen molar-refractivity contribution >= 4 is 5.91 Å². The fourth-order valence-corrected chi connectivity index (χ4v) is 3.47. The van der Waals surface area contributed by atoms with Gasteiger partial charge in [0, 0.05) is 18.9 Å². The number of methoxy groups -OCH3 is 1. The Kier molecular flexibility index (Phi) is 6.45. The van der Waals surface area contributed by atoms with Crippen LogP contribution in [0.1, 0.15) is 18.4 Å². The molecule has 1 fully saturated rings. The van der Waals surface area contributed by atoms with E-state index in [1.807, 2.05) is 6.20 Å². The Balaban J connectivity index is 1.64. The number of hydrogen-bond acceptors (Lipinski definition) is 5. The second kappa shape index (κ2) is 9.01. The predicted molar refractivity (Wildman–Crippen MR) is 98.6 cm³/mol. The molecule has 2 N–H and O–H groups in total. The standard InChI is InChI=1S/C19H24F2N4O3/c1-27-15-4-3-14(13-16(15)28-18(20)21)5-9-23-17(26)19(6-10-22-11-7-19)25-12-2-8-24-25/h2-4,8,12-13,18,22H,5-7,9-11H2,1H3,(H,23,26). The molecule has 1 aromatic heterocycles. The summed E-state index contributed by atoms with van der Waals surface area (Å²) in [6, 6.07) is 6.65. The zero-order chi connectivity index (χ0) is 20.0. The summed E-state index contributed by atoms with van der Waals surface area (Å²) in [6.45, 7) is -1.09. The number of piperidine rings is 1. The molecule has 9 heteroatoms. The van der Waals surface area contributed by atoms with Gasteiger partial charge in [-0.3, -0.25) is 9.48 Å². The van der Waals surface area contributed by atoms with Crippen molar-refractivity contribution in [2.24, 2.45) is 0 Å². The van der Waals surface area contributed by atoms with Gasteiger partial charge in [0.25, 0.3) is 0 Å². The number of amides is 1. The van der Waals surface area contributed by atoms with Gasteiger partial charge in [-0.05, 0) is 56.1 Å². The molecule has 2 aromatic rings. The van der Waals surface area contributed by atoms with E-state index in [0.29, 0.717) is 25.8 Å². The summed E-state index contributed by atoms with van der Waals surface area (Å²) in [5.41, 5.74) is 0.0497. The smallest absolute Gasteiger partial charge is 0.387 e. The molecule has 1 saturated heterocycles. The normalized spacial score (nSPS) is 16.0. The first kappa shape index (κ1) is 20.1. The number of carbonyl (C=O) groups excluding carboxylic acids is 1. The quantitative estimate of drug-likeness (QED) is 0.716. The number of nitrogens with one attached hydrogen (secondary N) is 2. The van der Waals surface area contributed by atoms with Gasteiger partial charge >= 0.3 is 6.61 Å². The number of halogens is 2. The average molecular weight is 394 g/mol. The zero-order valence-corrected chi connectivity index (χ0v) is 15.7. The fourth-order valence-electron chi connectivity index (χ4n) is 3.47. The first-order valence-corrected chi connectivity index (χ1v) is 9.16. The third kappa shape index (κ3) is 4.41. The second-order valence-electron chi connectivity index (χ2n) is 6.60. The van der Waals surface area contributed by atoms with Crippen LogP contribution in [0.2, 0.25) is 0 Å². The van der Waals surface area contributed by atoms with Crippen LogP contribution < -0.4 is 20.1 Å². The fraction of sp³-hybridized carbons (Fsp3) is 0.474. The molecule has 1 aliphatic rings. The van der Waals surface area contributed by atoms with E-state index in [9.17, 15) is 13.6 Å². The molecule has 28 heavy (non-hydrogen) atoms. The molecule has 1 amide bonds. The first-order chi connectivity index (χ1) is 13.5. The average Bonchev–Trinajstić information content (AvgIpc) is 3.23.